The van der Waals surface area contributed by atoms with E-state index in [4.69, 9.17) is 9.47 Å². The van der Waals surface area contributed by atoms with Gasteiger partial charge in [0.05, 0.1) is 17.9 Å². The average Bonchev–Trinajstić information content (AvgIpc) is 2.92. The Morgan fingerprint density at radius 3 is 2.48 bits per heavy atom. The number of benzene rings is 1. The van der Waals surface area contributed by atoms with E-state index in [1.54, 1.807) is 31.4 Å². The largest absolute Gasteiger partial charge is 0.462 e. The molecule has 1 N–H and O–H groups in total. The van der Waals surface area contributed by atoms with E-state index in [1.165, 1.54) is 6.92 Å². The number of hydrogen-bond donors (Lipinski definition) is 1. The molecule has 9 heteroatoms. The molecular formula is C20H22F2N2O5. The van der Waals surface area contributed by atoms with Crippen LogP contribution in [0.4, 0.5) is 14.5 Å². The van der Waals surface area contributed by atoms with Crippen molar-refractivity contribution in [3.05, 3.63) is 52.9 Å². The zero-order valence-electron chi connectivity index (χ0n) is 16.5. The third kappa shape index (κ3) is 5.40. The van der Waals surface area contributed by atoms with Crippen LogP contribution in [-0.4, -0.2) is 35.1 Å². The van der Waals surface area contributed by atoms with Crippen molar-refractivity contribution >= 4 is 23.5 Å². The van der Waals surface area contributed by atoms with Crippen molar-refractivity contribution in [2.75, 3.05) is 11.9 Å². The van der Waals surface area contributed by atoms with E-state index in [-0.39, 0.29) is 18.8 Å². The van der Waals surface area contributed by atoms with Gasteiger partial charge < -0.3 is 19.4 Å². The predicted molar refractivity (Wildman–Crippen MR) is 100 cm³/mol. The van der Waals surface area contributed by atoms with Crippen molar-refractivity contribution in [3.63, 3.8) is 0 Å². The number of ether oxygens (including phenoxy) is 2. The molecule has 29 heavy (non-hydrogen) atoms. The van der Waals surface area contributed by atoms with Gasteiger partial charge in [-0.15, -0.1) is 0 Å². The molecule has 1 aromatic carbocycles. The van der Waals surface area contributed by atoms with Crippen molar-refractivity contribution in [1.82, 2.24) is 4.57 Å². The summed E-state index contributed by atoms with van der Waals surface area (Å²) in [6.45, 7) is 6.41. The first-order valence-corrected chi connectivity index (χ1v) is 8.93. The standard InChI is InChI=1S/C20H22F2N2O5/c1-5-28-20(27)15-8-11(2)24(12(15)3)10-18(25)29-13(4)19(26)23-17-7-6-14(21)9-16(17)22/h6-9,13H,5,10H2,1-4H3,(H,23,26)/t13-/m0/s1. The number of nitrogens with zero attached hydrogens (tertiary/aromatic N) is 1. The zero-order chi connectivity index (χ0) is 21.7. The van der Waals surface area contributed by atoms with Crippen LogP contribution in [0.1, 0.15) is 35.6 Å². The number of hydrogen-bond acceptors (Lipinski definition) is 5. The number of nitrogens with one attached hydrogen (secondary N) is 1. The first kappa shape index (κ1) is 22.1. The van der Waals surface area contributed by atoms with Gasteiger partial charge in [0, 0.05) is 17.5 Å². The summed E-state index contributed by atoms with van der Waals surface area (Å²) in [5.74, 6) is -3.70. The second kappa shape index (κ2) is 9.31. The first-order valence-electron chi connectivity index (χ1n) is 8.93. The van der Waals surface area contributed by atoms with E-state index in [1.807, 2.05) is 0 Å². The molecule has 0 saturated heterocycles. The highest BCUT2D eigenvalue weighted by atomic mass is 19.1. The van der Waals surface area contributed by atoms with Gasteiger partial charge in [0.1, 0.15) is 18.2 Å². The van der Waals surface area contributed by atoms with Crippen LogP contribution >= 0.6 is 0 Å². The quantitative estimate of drug-likeness (QED) is 0.712. The van der Waals surface area contributed by atoms with Crippen LogP contribution in [0.2, 0.25) is 0 Å². The molecule has 0 aliphatic carbocycles. The molecule has 0 aliphatic heterocycles. The molecule has 0 bridgehead atoms. The van der Waals surface area contributed by atoms with Crippen molar-refractivity contribution < 1.29 is 32.6 Å². The number of esters is 2. The fourth-order valence-corrected chi connectivity index (χ4v) is 2.70. The summed E-state index contributed by atoms with van der Waals surface area (Å²) in [5.41, 5.74) is 1.29. The molecule has 0 radical (unpaired) electrons. The molecule has 1 aromatic heterocycles. The molecule has 0 aliphatic rings. The second-order valence-electron chi connectivity index (χ2n) is 6.34. The van der Waals surface area contributed by atoms with Crippen LogP contribution in [0.25, 0.3) is 0 Å². The van der Waals surface area contributed by atoms with Gasteiger partial charge in [-0.3, -0.25) is 9.59 Å². The van der Waals surface area contributed by atoms with Gasteiger partial charge in [0.2, 0.25) is 0 Å². The maximum atomic E-state index is 13.6. The Hall–Kier alpha value is -3.23. The topological polar surface area (TPSA) is 86.6 Å². The van der Waals surface area contributed by atoms with Crippen LogP contribution in [0, 0.1) is 25.5 Å². The highest BCUT2D eigenvalue weighted by Gasteiger charge is 2.22. The van der Waals surface area contributed by atoms with Gasteiger partial charge in [0.15, 0.2) is 6.10 Å². The lowest BCUT2D eigenvalue weighted by atomic mass is 10.2. The van der Waals surface area contributed by atoms with Crippen molar-refractivity contribution in [2.24, 2.45) is 0 Å². The summed E-state index contributed by atoms with van der Waals surface area (Å²) in [4.78, 5) is 36.3. The Morgan fingerprint density at radius 2 is 1.86 bits per heavy atom. The SMILES string of the molecule is CCOC(=O)c1cc(C)n(CC(=O)O[C@@H](C)C(=O)Nc2ccc(F)cc2F)c1C. The van der Waals surface area contributed by atoms with Gasteiger partial charge in [-0.05, 0) is 45.9 Å². The lowest BCUT2D eigenvalue weighted by Gasteiger charge is -2.15. The number of rotatable bonds is 7. The zero-order valence-corrected chi connectivity index (χ0v) is 16.5. The number of aryl methyl sites for hydroxylation is 1. The maximum Gasteiger partial charge on any atom is 0.339 e. The molecule has 0 fully saturated rings. The Morgan fingerprint density at radius 1 is 1.17 bits per heavy atom. The summed E-state index contributed by atoms with van der Waals surface area (Å²) in [6, 6.07) is 4.30. The molecule has 2 rings (SSSR count). The van der Waals surface area contributed by atoms with Crippen LogP contribution in [0.15, 0.2) is 24.3 Å². The molecular weight excluding hydrogens is 386 g/mol. The van der Waals surface area contributed by atoms with E-state index in [9.17, 15) is 23.2 Å². The highest BCUT2D eigenvalue weighted by Crippen LogP contribution is 2.18. The lowest BCUT2D eigenvalue weighted by Crippen LogP contribution is -2.31. The molecule has 0 unspecified atom stereocenters. The van der Waals surface area contributed by atoms with Gasteiger partial charge in [-0.2, -0.15) is 0 Å². The third-order valence-corrected chi connectivity index (χ3v) is 4.22. The van der Waals surface area contributed by atoms with Crippen LogP contribution < -0.4 is 5.32 Å². The van der Waals surface area contributed by atoms with Gasteiger partial charge in [-0.25, -0.2) is 13.6 Å². The minimum atomic E-state index is -1.22. The molecule has 0 spiro atoms. The Kier molecular flexibility index (Phi) is 7.08. The predicted octanol–water partition coefficient (Wildman–Crippen LogP) is 3.13. The average molecular weight is 408 g/mol. The van der Waals surface area contributed by atoms with E-state index in [0.717, 1.165) is 12.1 Å². The van der Waals surface area contributed by atoms with Crippen LogP contribution in [-0.2, 0) is 25.6 Å². The Bertz CT molecular complexity index is 939. The van der Waals surface area contributed by atoms with E-state index in [0.29, 0.717) is 23.0 Å². The summed E-state index contributed by atoms with van der Waals surface area (Å²) in [7, 11) is 0. The van der Waals surface area contributed by atoms with Gasteiger partial charge >= 0.3 is 11.9 Å². The molecule has 2 aromatic rings. The van der Waals surface area contributed by atoms with Crippen molar-refractivity contribution in [3.8, 4) is 0 Å². The molecule has 1 heterocycles. The number of halogens is 2. The second-order valence-corrected chi connectivity index (χ2v) is 6.34. The minimum Gasteiger partial charge on any atom is -0.462 e. The summed E-state index contributed by atoms with van der Waals surface area (Å²) >= 11 is 0. The molecule has 1 amide bonds. The molecule has 7 nitrogen and oxygen atoms in total. The van der Waals surface area contributed by atoms with Gasteiger partial charge in [-0.1, -0.05) is 0 Å². The van der Waals surface area contributed by atoms with E-state index >= 15 is 0 Å². The lowest BCUT2D eigenvalue weighted by molar-refractivity contribution is -0.153. The number of carbonyl (C=O) groups excluding carboxylic acids is 3. The van der Waals surface area contributed by atoms with Crippen molar-refractivity contribution in [1.29, 1.82) is 0 Å². The Balaban J connectivity index is 2.01. The van der Waals surface area contributed by atoms with Crippen LogP contribution in [0.5, 0.6) is 0 Å². The summed E-state index contributed by atoms with van der Waals surface area (Å²) < 4.78 is 38.2. The summed E-state index contributed by atoms with van der Waals surface area (Å²) in [5, 5.41) is 2.24. The fraction of sp³-hybridized carbons (Fsp3) is 0.350. The first-order chi connectivity index (χ1) is 13.6. The highest BCUT2D eigenvalue weighted by molar-refractivity contribution is 5.95. The number of amides is 1. The number of aromatic nitrogens is 1. The molecule has 0 saturated carbocycles. The Labute approximate surface area is 166 Å². The number of anilines is 1. The maximum absolute atomic E-state index is 13.6. The normalized spacial score (nSPS) is 11.7. The summed E-state index contributed by atoms with van der Waals surface area (Å²) in [6.07, 6.45) is -1.22. The third-order valence-electron chi connectivity index (χ3n) is 4.22. The fourth-order valence-electron chi connectivity index (χ4n) is 2.70. The van der Waals surface area contributed by atoms with Crippen LogP contribution in [0.3, 0.4) is 0 Å². The van der Waals surface area contributed by atoms with E-state index < -0.39 is 35.6 Å². The minimum absolute atomic E-state index is 0.223. The number of carbonyl (C=O) groups is 3. The molecule has 1 atom stereocenters. The smallest absolute Gasteiger partial charge is 0.339 e. The van der Waals surface area contributed by atoms with Gasteiger partial charge in [0.25, 0.3) is 5.91 Å². The molecule has 156 valence electrons. The van der Waals surface area contributed by atoms with Crippen molar-refractivity contribution in [2.45, 2.75) is 40.3 Å². The monoisotopic (exact) mass is 408 g/mol. The van der Waals surface area contributed by atoms with E-state index in [2.05, 4.69) is 5.32 Å².